The first-order valence-corrected chi connectivity index (χ1v) is 7.39. The molecular weight excluding hydrogens is 300 g/mol. The quantitative estimate of drug-likeness (QED) is 0.746. The predicted octanol–water partition coefficient (Wildman–Crippen LogP) is 0.139. The third-order valence-corrected chi connectivity index (χ3v) is 4.17. The summed E-state index contributed by atoms with van der Waals surface area (Å²) in [7, 11) is 1.58. The zero-order valence-electron chi connectivity index (χ0n) is 13.3. The van der Waals surface area contributed by atoms with Crippen LogP contribution in [-0.2, 0) is 11.8 Å². The van der Waals surface area contributed by atoms with Crippen molar-refractivity contribution in [3.63, 3.8) is 0 Å². The molecule has 3 heterocycles. The molecule has 0 atom stereocenters. The number of aromatic nitrogens is 2. The van der Waals surface area contributed by atoms with Crippen molar-refractivity contribution in [3.8, 4) is 0 Å². The zero-order chi connectivity index (χ0) is 16.7. The number of amides is 2. The summed E-state index contributed by atoms with van der Waals surface area (Å²) >= 11 is 0. The minimum Gasteiger partial charge on any atom is -0.442 e. The third kappa shape index (κ3) is 2.49. The number of nitrogens with zero attached hydrogens (tertiary/aromatic N) is 4. The Morgan fingerprint density at radius 3 is 2.39 bits per heavy atom. The molecule has 0 spiro atoms. The van der Waals surface area contributed by atoms with Crippen LogP contribution >= 0.6 is 0 Å². The van der Waals surface area contributed by atoms with E-state index < -0.39 is 0 Å². The average molecular weight is 318 g/mol. The lowest BCUT2D eigenvalue weighted by molar-refractivity contribution is -0.130. The number of hydrogen-bond acceptors (Lipinski definition) is 5. The maximum absolute atomic E-state index is 12.8. The first-order chi connectivity index (χ1) is 10.9. The minimum absolute atomic E-state index is 0.000102. The molecule has 0 bridgehead atoms. The lowest BCUT2D eigenvalue weighted by atomic mass is 10.1. The van der Waals surface area contributed by atoms with Crippen molar-refractivity contribution < 1.29 is 14.0 Å². The van der Waals surface area contributed by atoms with E-state index in [-0.39, 0.29) is 34.0 Å². The highest BCUT2D eigenvalue weighted by atomic mass is 16.3. The van der Waals surface area contributed by atoms with Gasteiger partial charge in [0.15, 0.2) is 0 Å². The summed E-state index contributed by atoms with van der Waals surface area (Å²) in [4.78, 5) is 43.9. The SMILES string of the molecule is CC(=O)N1CCN(C(=O)c2c(C)oc3ncn(C)c(=O)c23)CC1. The Hall–Kier alpha value is -2.64. The number of aryl methyl sites for hydroxylation is 2. The summed E-state index contributed by atoms with van der Waals surface area (Å²) in [5.41, 5.74) is 0.138. The van der Waals surface area contributed by atoms with Crippen LogP contribution in [0.4, 0.5) is 0 Å². The van der Waals surface area contributed by atoms with Crippen molar-refractivity contribution in [2.24, 2.45) is 7.05 Å². The molecule has 1 aliphatic rings. The molecule has 0 unspecified atom stereocenters. The molecule has 1 aliphatic heterocycles. The number of piperazine rings is 1. The van der Waals surface area contributed by atoms with Crippen LogP contribution in [0.3, 0.4) is 0 Å². The molecule has 8 nitrogen and oxygen atoms in total. The van der Waals surface area contributed by atoms with Gasteiger partial charge in [-0.3, -0.25) is 14.4 Å². The highest BCUT2D eigenvalue weighted by molar-refractivity contribution is 6.06. The van der Waals surface area contributed by atoms with Crippen LogP contribution in [0.1, 0.15) is 23.0 Å². The van der Waals surface area contributed by atoms with E-state index in [2.05, 4.69) is 4.98 Å². The van der Waals surface area contributed by atoms with Crippen molar-refractivity contribution in [1.82, 2.24) is 19.4 Å². The lowest BCUT2D eigenvalue weighted by Gasteiger charge is -2.34. The van der Waals surface area contributed by atoms with E-state index in [9.17, 15) is 14.4 Å². The van der Waals surface area contributed by atoms with E-state index in [1.54, 1.807) is 23.8 Å². The standard InChI is InChI=1S/C15H18N4O4/c1-9-11(12-13(23-9)16-8-17(3)14(12)21)15(22)19-6-4-18(5-7-19)10(2)20/h8H,4-7H2,1-3H3. The van der Waals surface area contributed by atoms with Crippen LogP contribution in [0.2, 0.25) is 0 Å². The molecule has 1 fully saturated rings. The van der Waals surface area contributed by atoms with Gasteiger partial charge in [-0.1, -0.05) is 0 Å². The fraction of sp³-hybridized carbons (Fsp3) is 0.467. The van der Waals surface area contributed by atoms with E-state index in [1.165, 1.54) is 17.8 Å². The number of hydrogen-bond donors (Lipinski definition) is 0. The molecule has 23 heavy (non-hydrogen) atoms. The van der Waals surface area contributed by atoms with Gasteiger partial charge in [-0.15, -0.1) is 0 Å². The Kier molecular flexibility index (Phi) is 3.67. The second-order valence-electron chi connectivity index (χ2n) is 5.67. The maximum Gasteiger partial charge on any atom is 0.265 e. The normalized spacial score (nSPS) is 15.3. The van der Waals surface area contributed by atoms with Gasteiger partial charge in [0.05, 0.1) is 5.56 Å². The van der Waals surface area contributed by atoms with Gasteiger partial charge in [0.25, 0.3) is 11.5 Å². The highest BCUT2D eigenvalue weighted by Gasteiger charge is 2.29. The van der Waals surface area contributed by atoms with Crippen LogP contribution < -0.4 is 5.56 Å². The van der Waals surface area contributed by atoms with Crippen LogP contribution in [-0.4, -0.2) is 57.3 Å². The molecule has 0 radical (unpaired) electrons. The monoisotopic (exact) mass is 318 g/mol. The van der Waals surface area contributed by atoms with Crippen LogP contribution in [0.15, 0.2) is 15.5 Å². The summed E-state index contributed by atoms with van der Waals surface area (Å²) in [6.07, 6.45) is 1.37. The molecule has 0 N–H and O–H groups in total. The Morgan fingerprint density at radius 1 is 1.17 bits per heavy atom. The lowest BCUT2D eigenvalue weighted by Crippen LogP contribution is -2.50. The topological polar surface area (TPSA) is 88.7 Å². The minimum atomic E-state index is -0.308. The highest BCUT2D eigenvalue weighted by Crippen LogP contribution is 2.23. The predicted molar refractivity (Wildman–Crippen MR) is 82.1 cm³/mol. The molecule has 8 heteroatoms. The molecular formula is C15H18N4O4. The Labute approximate surface area is 132 Å². The van der Waals surface area contributed by atoms with Crippen molar-refractivity contribution >= 4 is 22.9 Å². The second-order valence-corrected chi connectivity index (χ2v) is 5.67. The van der Waals surface area contributed by atoms with Crippen molar-refractivity contribution in [2.45, 2.75) is 13.8 Å². The van der Waals surface area contributed by atoms with Gasteiger partial charge in [0, 0.05) is 40.2 Å². The van der Waals surface area contributed by atoms with Gasteiger partial charge in [-0.2, -0.15) is 0 Å². The van der Waals surface area contributed by atoms with E-state index in [0.717, 1.165) is 0 Å². The van der Waals surface area contributed by atoms with E-state index >= 15 is 0 Å². The Balaban J connectivity index is 1.96. The molecule has 0 aromatic carbocycles. The van der Waals surface area contributed by atoms with E-state index in [0.29, 0.717) is 31.9 Å². The summed E-state index contributed by atoms with van der Waals surface area (Å²) in [6.45, 7) is 5.02. The number of fused-ring (bicyclic) bond motifs is 1. The first-order valence-electron chi connectivity index (χ1n) is 7.39. The summed E-state index contributed by atoms with van der Waals surface area (Å²) < 4.78 is 6.79. The molecule has 2 aromatic rings. The van der Waals surface area contributed by atoms with E-state index in [4.69, 9.17) is 4.42 Å². The fourth-order valence-electron chi connectivity index (χ4n) is 2.83. The van der Waals surface area contributed by atoms with Crippen LogP contribution in [0.5, 0.6) is 0 Å². The largest absolute Gasteiger partial charge is 0.442 e. The third-order valence-electron chi connectivity index (χ3n) is 4.17. The fourth-order valence-corrected chi connectivity index (χ4v) is 2.83. The number of carbonyl (C=O) groups is 2. The first kappa shape index (κ1) is 15.3. The van der Waals surface area contributed by atoms with Gasteiger partial charge in [0.1, 0.15) is 17.5 Å². The second kappa shape index (κ2) is 5.53. The Morgan fingerprint density at radius 2 is 1.78 bits per heavy atom. The smallest absolute Gasteiger partial charge is 0.265 e. The molecule has 2 amide bonds. The molecule has 1 saturated heterocycles. The van der Waals surface area contributed by atoms with Crippen molar-refractivity contribution in [1.29, 1.82) is 0 Å². The maximum atomic E-state index is 12.8. The molecule has 3 rings (SSSR count). The van der Waals surface area contributed by atoms with Crippen molar-refractivity contribution in [3.05, 3.63) is 28.0 Å². The van der Waals surface area contributed by atoms with Gasteiger partial charge in [-0.25, -0.2) is 4.98 Å². The van der Waals surface area contributed by atoms with Gasteiger partial charge < -0.3 is 18.8 Å². The summed E-state index contributed by atoms with van der Waals surface area (Å²) in [5.74, 6) is 0.129. The van der Waals surface area contributed by atoms with Gasteiger partial charge in [-0.05, 0) is 6.92 Å². The van der Waals surface area contributed by atoms with Gasteiger partial charge >= 0.3 is 0 Å². The summed E-state index contributed by atoms with van der Waals surface area (Å²) in [6, 6.07) is 0. The van der Waals surface area contributed by atoms with Crippen LogP contribution in [0.25, 0.3) is 11.1 Å². The van der Waals surface area contributed by atoms with Crippen LogP contribution in [0, 0.1) is 6.92 Å². The Bertz CT molecular complexity index is 843. The molecule has 122 valence electrons. The number of carbonyl (C=O) groups excluding carboxylic acids is 2. The number of rotatable bonds is 1. The summed E-state index contributed by atoms with van der Waals surface area (Å²) in [5, 5.41) is 0.214. The zero-order valence-corrected chi connectivity index (χ0v) is 13.3. The van der Waals surface area contributed by atoms with Gasteiger partial charge in [0.2, 0.25) is 11.6 Å². The van der Waals surface area contributed by atoms with Crippen molar-refractivity contribution in [2.75, 3.05) is 26.2 Å². The molecule has 2 aromatic heterocycles. The molecule has 0 saturated carbocycles. The molecule has 0 aliphatic carbocycles. The number of furan rings is 1. The van der Waals surface area contributed by atoms with E-state index in [1.807, 2.05) is 0 Å². The average Bonchev–Trinajstić information content (AvgIpc) is 2.87.